The van der Waals surface area contributed by atoms with Gasteiger partial charge in [0.25, 0.3) is 0 Å². The van der Waals surface area contributed by atoms with Crippen LogP contribution in [0.4, 0.5) is 5.69 Å². The van der Waals surface area contributed by atoms with Crippen molar-refractivity contribution in [3.63, 3.8) is 0 Å². The number of likely N-dealkylation sites (tertiary alicyclic amines) is 1. The second-order valence-electron chi connectivity index (χ2n) is 22.4. The third kappa shape index (κ3) is 25.6. The molecule has 4 aromatic rings. The lowest BCUT2D eigenvalue weighted by Crippen LogP contribution is -2.61. The minimum absolute atomic E-state index is 0.00675. The molecule has 5 rings (SSSR count). The molecule has 0 saturated carbocycles. The Morgan fingerprint density at radius 1 is 0.594 bits per heavy atom. The first-order valence-electron chi connectivity index (χ1n) is 30.4. The summed E-state index contributed by atoms with van der Waals surface area (Å²) in [5, 5.41) is 31.9. The Balaban J connectivity index is 1.40. The number of phenolic OH excluding ortho intramolecular Hbond substituents is 1. The van der Waals surface area contributed by atoms with Crippen molar-refractivity contribution in [1.82, 2.24) is 42.1 Å². The van der Waals surface area contributed by atoms with Crippen LogP contribution in [0.2, 0.25) is 0 Å². The summed E-state index contributed by atoms with van der Waals surface area (Å²) in [6.45, 7) is -0.0455. The van der Waals surface area contributed by atoms with Crippen LogP contribution in [-0.4, -0.2) is 162 Å². The molecule has 0 bridgehead atoms. The fourth-order valence-electron chi connectivity index (χ4n) is 10.2. The van der Waals surface area contributed by atoms with Gasteiger partial charge in [-0.2, -0.15) is 0 Å². The molecule has 1 aliphatic rings. The summed E-state index contributed by atoms with van der Waals surface area (Å²) < 4.78 is 5.76. The van der Waals surface area contributed by atoms with E-state index in [2.05, 4.69) is 57.2 Å². The molecule has 0 unspecified atom stereocenters. The number of methoxy groups -OCH3 is 1. The number of nitrogens with two attached hydrogens (primary N) is 7. The minimum atomic E-state index is -1.88. The van der Waals surface area contributed by atoms with Crippen LogP contribution in [0.3, 0.4) is 0 Å². The highest BCUT2D eigenvalue weighted by Crippen LogP contribution is 2.24. The molecule has 11 amide bonds. The molecule has 1 heterocycles. The second kappa shape index (κ2) is 38.4. The van der Waals surface area contributed by atoms with E-state index >= 15 is 0 Å². The standard InChI is InChI=1S/C62H81IN20O13/c1-96-39-19-16-35(17-20-39)30-45(74-52(87)32-36-11-5-12-38(27-36)81-82-71)56(91)79-46(29-34-9-3-2-4-10-34)57(92)75-42(21-23-50(64)85)55(90)80-47(33-51(65)86)58(93)77-43(14-7-25-73-62(69)70)60(95)83-26-8-15-48(83)59(94)76-41(13-6-24-72-61(67)68)54(89)78-44(53(66)88)31-37-18-22-49(84)40(63)28-37/h2-5,9-12,16-20,22,27-28,41-48,84H,6-8,13-15,21,23-26,29-33H2,1H3,(H2,64,85)(H2,65,86)(H2,66,88)(H,74,87)(H,75,92)(H,76,94)(H,77,93)(H,78,89)(H,79,91)(H,80,90)(H4,67,68,72)(H4,69,70,73)/t41-,42-,43-,44-,45+,46-,47-,48-/m0/s1. The summed E-state index contributed by atoms with van der Waals surface area (Å²) in [4.78, 5) is 165. The van der Waals surface area contributed by atoms with Gasteiger partial charge < -0.3 is 92.1 Å². The third-order valence-corrected chi connectivity index (χ3v) is 15.9. The van der Waals surface area contributed by atoms with Crippen LogP contribution >= 0.6 is 22.6 Å². The number of hydrogen-bond donors (Lipinski definition) is 15. The summed E-state index contributed by atoms with van der Waals surface area (Å²) in [7, 11) is 1.47. The topological polar surface area (TPSA) is 560 Å². The predicted octanol–water partition coefficient (Wildman–Crippen LogP) is -1.66. The van der Waals surface area contributed by atoms with Crippen LogP contribution in [0.1, 0.15) is 80.0 Å². The SMILES string of the molecule is COc1ccc(C[C@@H](NC(=O)Cc2cccc(N=[N+]=[N-])c2)C(=O)N[C@@H](Cc2ccccc2)C(=O)N[C@@H](CCC(N)=O)C(=O)N[C@@H](CC(N)=O)C(=O)N[C@@H](CCCN=C(N)N)C(=O)N2CCC[C@H]2C(=O)N[C@@H](CCCN=C(N)N)C(=O)N[C@@H](Cc2ccc(O)c(I)c2)C(N)=O)cc1. The highest BCUT2D eigenvalue weighted by Gasteiger charge is 2.41. The Hall–Kier alpha value is -10.8. The quantitative estimate of drug-likeness (QED) is 0.00454. The van der Waals surface area contributed by atoms with Gasteiger partial charge in [-0.05, 0) is 126 Å². The number of halogens is 1. The summed E-state index contributed by atoms with van der Waals surface area (Å²) >= 11 is 1.89. The number of carbonyl (C=O) groups excluding carboxylic acids is 11. The van der Waals surface area contributed by atoms with Gasteiger partial charge in [-0.1, -0.05) is 71.8 Å². The molecule has 96 heavy (non-hydrogen) atoms. The Morgan fingerprint density at radius 3 is 1.70 bits per heavy atom. The number of ether oxygens (including phenoxy) is 1. The predicted molar refractivity (Wildman–Crippen MR) is 360 cm³/mol. The average Bonchev–Trinajstić information content (AvgIpc) is 1.58. The van der Waals surface area contributed by atoms with Crippen molar-refractivity contribution < 1.29 is 62.6 Å². The van der Waals surface area contributed by atoms with E-state index in [9.17, 15) is 57.8 Å². The van der Waals surface area contributed by atoms with E-state index in [1.54, 1.807) is 78.9 Å². The molecule has 0 aromatic heterocycles. The molecule has 0 spiro atoms. The summed E-state index contributed by atoms with van der Waals surface area (Å²) in [6, 6.07) is 14.0. The number of azide groups is 1. The van der Waals surface area contributed by atoms with Crippen LogP contribution in [0.15, 0.2) is 112 Å². The molecule has 1 saturated heterocycles. The molecule has 8 atom stereocenters. The smallest absolute Gasteiger partial charge is 0.245 e. The zero-order chi connectivity index (χ0) is 70.4. The van der Waals surface area contributed by atoms with Gasteiger partial charge in [0, 0.05) is 55.9 Å². The fourth-order valence-corrected chi connectivity index (χ4v) is 10.8. The van der Waals surface area contributed by atoms with Gasteiger partial charge in [-0.25, -0.2) is 0 Å². The van der Waals surface area contributed by atoms with Gasteiger partial charge in [-0.15, -0.1) is 0 Å². The van der Waals surface area contributed by atoms with Crippen molar-refractivity contribution >= 4 is 105 Å². The number of amides is 11. The largest absolute Gasteiger partial charge is 0.507 e. The zero-order valence-corrected chi connectivity index (χ0v) is 54.8. The van der Waals surface area contributed by atoms with E-state index in [1.807, 2.05) is 22.6 Å². The molecule has 514 valence electrons. The molecule has 0 radical (unpaired) electrons. The Labute approximate surface area is 565 Å². The number of rotatable bonds is 38. The average molecular weight is 1440 g/mol. The number of hydrogen-bond acceptors (Lipinski definition) is 16. The number of aromatic hydroxyl groups is 1. The molecule has 1 aliphatic heterocycles. The number of nitrogens with zero attached hydrogens (tertiary/aromatic N) is 6. The number of nitrogens with one attached hydrogen (secondary N) is 7. The van der Waals surface area contributed by atoms with Crippen LogP contribution in [0.5, 0.6) is 11.5 Å². The molecule has 33 nitrogen and oxygen atoms in total. The molecular weight excluding hydrogens is 1360 g/mol. The van der Waals surface area contributed by atoms with Crippen LogP contribution < -0.4 is 82.1 Å². The Kier molecular flexibility index (Phi) is 30.4. The molecular formula is C62H81IN20O13. The van der Waals surface area contributed by atoms with E-state index < -0.39 is 133 Å². The second-order valence-corrected chi connectivity index (χ2v) is 23.6. The van der Waals surface area contributed by atoms with Gasteiger partial charge in [0.1, 0.15) is 59.8 Å². The van der Waals surface area contributed by atoms with Crippen molar-refractivity contribution in [2.75, 3.05) is 26.7 Å². The Morgan fingerprint density at radius 2 is 1.11 bits per heavy atom. The van der Waals surface area contributed by atoms with Gasteiger partial charge in [0.15, 0.2) is 11.9 Å². The first-order chi connectivity index (χ1) is 45.7. The number of phenols is 1. The van der Waals surface area contributed by atoms with Gasteiger partial charge >= 0.3 is 0 Å². The zero-order valence-electron chi connectivity index (χ0n) is 52.6. The highest BCUT2D eigenvalue weighted by molar-refractivity contribution is 14.1. The number of primary amides is 3. The lowest BCUT2D eigenvalue weighted by Gasteiger charge is -2.31. The van der Waals surface area contributed by atoms with Crippen molar-refractivity contribution in [3.8, 4) is 11.5 Å². The summed E-state index contributed by atoms with van der Waals surface area (Å²) in [5.41, 5.74) is 50.4. The summed E-state index contributed by atoms with van der Waals surface area (Å²) in [5.74, 6) is -10.1. The molecule has 22 N–H and O–H groups in total. The maximum Gasteiger partial charge on any atom is 0.245 e. The normalized spacial score (nSPS) is 14.5. The summed E-state index contributed by atoms with van der Waals surface area (Å²) in [6.07, 6.45) is -2.26. The van der Waals surface area contributed by atoms with Gasteiger partial charge in [-0.3, -0.25) is 62.7 Å². The van der Waals surface area contributed by atoms with E-state index in [0.717, 1.165) is 0 Å². The van der Waals surface area contributed by atoms with Crippen molar-refractivity contribution in [3.05, 3.63) is 133 Å². The third-order valence-electron chi connectivity index (χ3n) is 15.0. The number of guanidine groups is 2. The maximum atomic E-state index is 14.8. The van der Waals surface area contributed by atoms with Crippen molar-refractivity contribution in [2.24, 2.45) is 55.2 Å². The van der Waals surface area contributed by atoms with Crippen LogP contribution in [-0.2, 0) is 78.4 Å². The van der Waals surface area contributed by atoms with Crippen molar-refractivity contribution in [1.29, 1.82) is 0 Å². The number of carbonyl (C=O) groups is 11. The van der Waals surface area contributed by atoms with Gasteiger partial charge in [0.2, 0.25) is 65.0 Å². The number of benzene rings is 4. The molecule has 0 aliphatic carbocycles. The fraction of sp³-hybridized carbons (Fsp3) is 0.403. The lowest BCUT2D eigenvalue weighted by molar-refractivity contribution is -0.143. The van der Waals surface area contributed by atoms with E-state index in [4.69, 9.17) is 50.4 Å². The Bertz CT molecular complexity index is 3530. The van der Waals surface area contributed by atoms with E-state index in [1.165, 1.54) is 30.2 Å². The minimum Gasteiger partial charge on any atom is -0.507 e. The van der Waals surface area contributed by atoms with E-state index in [-0.39, 0.29) is 107 Å². The molecule has 1 fully saturated rings. The molecule has 4 aromatic carbocycles. The lowest BCUT2D eigenvalue weighted by atomic mass is 10.0. The van der Waals surface area contributed by atoms with E-state index in [0.29, 0.717) is 31.6 Å². The first-order valence-corrected chi connectivity index (χ1v) is 31.5. The van der Waals surface area contributed by atoms with Crippen molar-refractivity contribution in [2.45, 2.75) is 132 Å². The number of aliphatic imine (C=N–C) groups is 2. The van der Waals surface area contributed by atoms with Gasteiger partial charge in [0.05, 0.1) is 23.5 Å². The highest BCUT2D eigenvalue weighted by atomic mass is 127. The maximum absolute atomic E-state index is 14.8. The monoisotopic (exact) mass is 1440 g/mol. The first kappa shape index (κ1) is 75.9. The molecule has 34 heteroatoms. The van der Waals surface area contributed by atoms with Crippen LogP contribution in [0, 0.1) is 3.57 Å². The van der Waals surface area contributed by atoms with Crippen LogP contribution in [0.25, 0.3) is 10.4 Å².